The number of esters is 1. The molecule has 2 aromatic rings. The zero-order chi connectivity index (χ0) is 24.6. The summed E-state index contributed by atoms with van der Waals surface area (Å²) in [5.41, 5.74) is 1.99. The number of imidazole rings is 1. The van der Waals surface area contributed by atoms with Crippen LogP contribution in [-0.4, -0.2) is 32.5 Å². The van der Waals surface area contributed by atoms with E-state index in [9.17, 15) is 19.2 Å². The van der Waals surface area contributed by atoms with Crippen LogP contribution in [0.5, 0.6) is 0 Å². The second-order valence-electron chi connectivity index (χ2n) is 10.9. The van der Waals surface area contributed by atoms with Crippen molar-refractivity contribution in [3.63, 3.8) is 0 Å². The van der Waals surface area contributed by atoms with Gasteiger partial charge in [0, 0.05) is 19.9 Å². The Balaban J connectivity index is 1.42. The van der Waals surface area contributed by atoms with Crippen LogP contribution in [0.4, 0.5) is 0 Å². The van der Waals surface area contributed by atoms with Crippen LogP contribution in [0.1, 0.15) is 77.3 Å². The van der Waals surface area contributed by atoms with E-state index >= 15 is 0 Å². The Kier molecular flexibility index (Phi) is 6.69. The van der Waals surface area contributed by atoms with E-state index in [1.807, 2.05) is 39.0 Å². The number of aromatic nitrogens is 2. The zero-order valence-corrected chi connectivity index (χ0v) is 20.6. The average Bonchev–Trinajstić information content (AvgIpc) is 2.98. The molecule has 1 unspecified atom stereocenters. The Morgan fingerprint density at radius 2 is 1.71 bits per heavy atom. The summed E-state index contributed by atoms with van der Waals surface area (Å²) in [4.78, 5) is 49.0. The van der Waals surface area contributed by atoms with Gasteiger partial charge in [-0.05, 0) is 88.8 Å². The maximum Gasteiger partial charge on any atom is 0.329 e. The molecule has 1 atom stereocenters. The van der Waals surface area contributed by atoms with Crippen molar-refractivity contribution in [1.29, 1.82) is 0 Å². The van der Waals surface area contributed by atoms with E-state index in [2.05, 4.69) is 5.32 Å². The quantitative estimate of drug-likeness (QED) is 0.534. The number of imide groups is 1. The van der Waals surface area contributed by atoms with Crippen molar-refractivity contribution in [2.24, 2.45) is 18.9 Å². The van der Waals surface area contributed by atoms with Crippen LogP contribution >= 0.6 is 0 Å². The van der Waals surface area contributed by atoms with Crippen molar-refractivity contribution in [3.8, 4) is 0 Å². The molecule has 1 saturated heterocycles. The summed E-state index contributed by atoms with van der Waals surface area (Å²) < 4.78 is 8.57. The third kappa shape index (κ3) is 5.26. The Morgan fingerprint density at radius 3 is 2.35 bits per heavy atom. The molecule has 2 heterocycles. The van der Waals surface area contributed by atoms with E-state index in [0.717, 1.165) is 37.6 Å². The Bertz CT molecular complexity index is 1160. The Morgan fingerprint density at radius 1 is 1.03 bits per heavy atom. The topological polar surface area (TPSA) is 99.4 Å². The summed E-state index contributed by atoms with van der Waals surface area (Å²) in [6.45, 7) is 5.69. The first-order valence-corrected chi connectivity index (χ1v) is 12.3. The minimum Gasteiger partial charge on any atom is -0.460 e. The second kappa shape index (κ2) is 9.39. The number of carbonyl (C=O) groups is 3. The van der Waals surface area contributed by atoms with Crippen LogP contribution in [0.2, 0.25) is 0 Å². The molecule has 1 N–H and O–H groups in total. The maximum atomic E-state index is 12.9. The fourth-order valence-electron chi connectivity index (χ4n) is 5.36. The van der Waals surface area contributed by atoms with Gasteiger partial charge >= 0.3 is 11.7 Å². The molecule has 2 aliphatic rings. The summed E-state index contributed by atoms with van der Waals surface area (Å²) >= 11 is 0. The standard InChI is InChI=1S/C26H35N3O5/c1-26(2,3)34-23(31)15-17-7-5-16(6-8-17)13-18-9-10-19-21(14-18)28(4)25(33)29(19)20-11-12-22(30)27-24(20)32/h9-10,14,16-17,20H,5-8,11-13,15H2,1-4H3,(H,27,30,32)/t16-,17-,20?. The van der Waals surface area contributed by atoms with E-state index in [1.165, 1.54) is 10.1 Å². The van der Waals surface area contributed by atoms with Gasteiger partial charge in [-0.2, -0.15) is 0 Å². The van der Waals surface area contributed by atoms with Crippen LogP contribution in [-0.2, 0) is 32.6 Å². The number of amides is 2. The molecule has 8 nitrogen and oxygen atoms in total. The highest BCUT2D eigenvalue weighted by molar-refractivity contribution is 6.00. The third-order valence-electron chi connectivity index (χ3n) is 7.04. The molecule has 0 spiro atoms. The molecular formula is C26H35N3O5. The number of aryl methyl sites for hydroxylation is 1. The lowest BCUT2D eigenvalue weighted by Gasteiger charge is -2.29. The molecule has 1 aromatic carbocycles. The molecule has 1 aromatic heterocycles. The summed E-state index contributed by atoms with van der Waals surface area (Å²) in [5.74, 6) is 0.108. The Hall–Kier alpha value is -2.90. The number of hydrogen-bond donors (Lipinski definition) is 1. The highest BCUT2D eigenvalue weighted by Gasteiger charge is 2.31. The van der Waals surface area contributed by atoms with Gasteiger partial charge in [0.15, 0.2) is 0 Å². The number of rotatable bonds is 5. The van der Waals surface area contributed by atoms with Crippen molar-refractivity contribution >= 4 is 28.8 Å². The van der Waals surface area contributed by atoms with Crippen molar-refractivity contribution in [2.45, 2.75) is 83.8 Å². The van der Waals surface area contributed by atoms with Gasteiger partial charge in [0.2, 0.25) is 11.8 Å². The SMILES string of the molecule is Cn1c(=O)n(C2CCC(=O)NC2=O)c2ccc(C[C@H]3CC[C@H](CC(=O)OC(C)(C)C)CC3)cc21. The molecule has 2 amide bonds. The van der Waals surface area contributed by atoms with E-state index in [0.29, 0.717) is 30.2 Å². The molecule has 1 saturated carbocycles. The highest BCUT2D eigenvalue weighted by Crippen LogP contribution is 2.34. The van der Waals surface area contributed by atoms with E-state index in [-0.39, 0.29) is 24.0 Å². The number of benzene rings is 1. The van der Waals surface area contributed by atoms with Gasteiger partial charge in [0.25, 0.3) is 0 Å². The first-order chi connectivity index (χ1) is 16.0. The van der Waals surface area contributed by atoms with Crippen LogP contribution in [0, 0.1) is 11.8 Å². The van der Waals surface area contributed by atoms with Crippen LogP contribution in [0.25, 0.3) is 11.0 Å². The van der Waals surface area contributed by atoms with Crippen LogP contribution in [0.3, 0.4) is 0 Å². The average molecular weight is 470 g/mol. The highest BCUT2D eigenvalue weighted by atomic mass is 16.6. The van der Waals surface area contributed by atoms with Crippen molar-refractivity contribution in [2.75, 3.05) is 0 Å². The lowest BCUT2D eigenvalue weighted by molar-refractivity contribution is -0.156. The lowest BCUT2D eigenvalue weighted by Crippen LogP contribution is -2.44. The van der Waals surface area contributed by atoms with Gasteiger partial charge in [-0.25, -0.2) is 4.79 Å². The van der Waals surface area contributed by atoms with Crippen molar-refractivity contribution in [3.05, 3.63) is 34.2 Å². The molecule has 0 bridgehead atoms. The van der Waals surface area contributed by atoms with Gasteiger partial charge in [-0.15, -0.1) is 0 Å². The van der Waals surface area contributed by atoms with Crippen LogP contribution < -0.4 is 11.0 Å². The van der Waals surface area contributed by atoms with Gasteiger partial charge in [-0.1, -0.05) is 6.07 Å². The van der Waals surface area contributed by atoms with Crippen molar-refractivity contribution < 1.29 is 19.1 Å². The van der Waals surface area contributed by atoms with Gasteiger partial charge in [-0.3, -0.25) is 28.8 Å². The molecule has 1 aliphatic heterocycles. The number of nitrogens with one attached hydrogen (secondary N) is 1. The van der Waals surface area contributed by atoms with Gasteiger partial charge < -0.3 is 4.74 Å². The second-order valence-corrected chi connectivity index (χ2v) is 10.9. The fourth-order valence-corrected chi connectivity index (χ4v) is 5.36. The number of ether oxygens (including phenoxy) is 1. The first-order valence-electron chi connectivity index (χ1n) is 12.3. The summed E-state index contributed by atoms with van der Waals surface area (Å²) in [6.07, 6.45) is 6.17. The monoisotopic (exact) mass is 469 g/mol. The van der Waals surface area contributed by atoms with Gasteiger partial charge in [0.05, 0.1) is 11.0 Å². The predicted molar refractivity (Wildman–Crippen MR) is 128 cm³/mol. The van der Waals surface area contributed by atoms with E-state index < -0.39 is 17.6 Å². The minimum atomic E-state index is -0.667. The zero-order valence-electron chi connectivity index (χ0n) is 20.6. The summed E-state index contributed by atoms with van der Waals surface area (Å²) in [7, 11) is 1.72. The molecule has 8 heteroatoms. The molecule has 184 valence electrons. The molecule has 34 heavy (non-hydrogen) atoms. The van der Waals surface area contributed by atoms with Gasteiger partial charge in [0.1, 0.15) is 11.6 Å². The fraction of sp³-hybridized carbons (Fsp3) is 0.615. The number of nitrogens with zero attached hydrogens (tertiary/aromatic N) is 2. The first kappa shape index (κ1) is 24.2. The number of hydrogen-bond acceptors (Lipinski definition) is 5. The molecule has 0 radical (unpaired) electrons. The predicted octanol–water partition coefficient (Wildman–Crippen LogP) is 3.40. The molecular weight excluding hydrogens is 434 g/mol. The third-order valence-corrected chi connectivity index (χ3v) is 7.04. The van der Waals surface area contributed by atoms with E-state index in [4.69, 9.17) is 4.74 Å². The van der Waals surface area contributed by atoms with E-state index in [1.54, 1.807) is 11.6 Å². The summed E-state index contributed by atoms with van der Waals surface area (Å²) in [6, 6.07) is 5.34. The largest absolute Gasteiger partial charge is 0.460 e. The van der Waals surface area contributed by atoms with Crippen molar-refractivity contribution in [1.82, 2.24) is 14.5 Å². The van der Waals surface area contributed by atoms with Crippen LogP contribution in [0.15, 0.2) is 23.0 Å². The number of carbonyl (C=O) groups excluding carboxylic acids is 3. The molecule has 2 fully saturated rings. The number of fused-ring (bicyclic) bond motifs is 1. The minimum absolute atomic E-state index is 0.108. The number of piperidine rings is 1. The lowest BCUT2D eigenvalue weighted by atomic mass is 9.78. The molecule has 4 rings (SSSR count). The normalized spacial score (nSPS) is 23.7. The maximum absolute atomic E-state index is 12.9. The Labute approximate surface area is 199 Å². The summed E-state index contributed by atoms with van der Waals surface area (Å²) in [5, 5.41) is 2.34. The smallest absolute Gasteiger partial charge is 0.329 e. The molecule has 1 aliphatic carbocycles.